The molecule has 1 fully saturated rings. The van der Waals surface area contributed by atoms with E-state index in [1.807, 2.05) is 0 Å². The lowest BCUT2D eigenvalue weighted by atomic mass is 10.0. The molecule has 0 aliphatic carbocycles. The highest BCUT2D eigenvalue weighted by Crippen LogP contribution is 2.33. The Morgan fingerprint density at radius 1 is 1.19 bits per heavy atom. The number of benzene rings is 1. The maximum atomic E-state index is 13.3. The molecule has 2 rings (SSSR count). The SMILES string of the molecule is Cl.Cl.O=[N+]([O-])c1ccccc1[C@H](C(F)F)N1CCNCC1. The maximum Gasteiger partial charge on any atom is 0.274 e. The molecule has 0 amide bonds. The second kappa shape index (κ2) is 9.09. The average molecular weight is 344 g/mol. The minimum absolute atomic E-state index is 0. The van der Waals surface area contributed by atoms with Gasteiger partial charge in [-0.05, 0) is 0 Å². The molecule has 1 heterocycles. The second-order valence-electron chi connectivity index (χ2n) is 4.38. The fourth-order valence-corrected chi connectivity index (χ4v) is 2.36. The number of para-hydroxylation sites is 1. The van der Waals surface area contributed by atoms with Crippen LogP contribution >= 0.6 is 24.8 Å². The van der Waals surface area contributed by atoms with Crippen LogP contribution in [0, 0.1) is 10.1 Å². The van der Waals surface area contributed by atoms with Crippen molar-refractivity contribution in [2.24, 2.45) is 0 Å². The molecule has 5 nitrogen and oxygen atoms in total. The number of halogens is 4. The molecule has 0 saturated carbocycles. The first-order valence-corrected chi connectivity index (χ1v) is 6.07. The molecule has 120 valence electrons. The maximum absolute atomic E-state index is 13.3. The van der Waals surface area contributed by atoms with Gasteiger partial charge in [0.1, 0.15) is 6.04 Å². The van der Waals surface area contributed by atoms with Gasteiger partial charge in [-0.1, -0.05) is 18.2 Å². The van der Waals surface area contributed by atoms with E-state index in [-0.39, 0.29) is 36.1 Å². The third-order valence-electron chi connectivity index (χ3n) is 3.24. The zero-order valence-corrected chi connectivity index (χ0v) is 12.7. The molecule has 0 aromatic heterocycles. The summed E-state index contributed by atoms with van der Waals surface area (Å²) in [5, 5.41) is 14.0. The Labute approximate surface area is 133 Å². The van der Waals surface area contributed by atoms with Crippen LogP contribution in [0.2, 0.25) is 0 Å². The van der Waals surface area contributed by atoms with E-state index in [2.05, 4.69) is 5.32 Å². The number of nitrogens with zero attached hydrogens (tertiary/aromatic N) is 2. The third-order valence-corrected chi connectivity index (χ3v) is 3.24. The first kappa shape index (κ1) is 20.0. The summed E-state index contributed by atoms with van der Waals surface area (Å²) in [4.78, 5) is 12.0. The van der Waals surface area contributed by atoms with Gasteiger partial charge in [0.15, 0.2) is 0 Å². The summed E-state index contributed by atoms with van der Waals surface area (Å²) in [6.45, 7) is 2.15. The van der Waals surface area contributed by atoms with Gasteiger partial charge in [0, 0.05) is 32.2 Å². The second-order valence-corrected chi connectivity index (χ2v) is 4.38. The van der Waals surface area contributed by atoms with E-state index in [1.54, 1.807) is 11.0 Å². The predicted octanol–water partition coefficient (Wildman–Crippen LogP) is 2.65. The molecule has 0 radical (unpaired) electrons. The molecule has 1 aromatic carbocycles. The van der Waals surface area contributed by atoms with Crippen molar-refractivity contribution in [2.75, 3.05) is 26.2 Å². The zero-order valence-electron chi connectivity index (χ0n) is 11.1. The Bertz CT molecular complexity index is 460. The van der Waals surface area contributed by atoms with Gasteiger partial charge in [-0.25, -0.2) is 8.78 Å². The summed E-state index contributed by atoms with van der Waals surface area (Å²) in [5.41, 5.74) is -0.157. The fraction of sp³-hybridized carbons (Fsp3) is 0.500. The highest BCUT2D eigenvalue weighted by Gasteiger charge is 2.34. The zero-order chi connectivity index (χ0) is 13.8. The lowest BCUT2D eigenvalue weighted by molar-refractivity contribution is -0.386. The smallest absolute Gasteiger partial charge is 0.274 e. The minimum atomic E-state index is -2.65. The number of nitro benzene ring substituents is 1. The lowest BCUT2D eigenvalue weighted by Crippen LogP contribution is -2.47. The number of nitrogens with one attached hydrogen (secondary N) is 1. The van der Waals surface area contributed by atoms with Crippen LogP contribution < -0.4 is 5.32 Å². The van der Waals surface area contributed by atoms with Crippen LogP contribution in [0.1, 0.15) is 11.6 Å². The van der Waals surface area contributed by atoms with Gasteiger partial charge >= 0.3 is 0 Å². The van der Waals surface area contributed by atoms with Gasteiger partial charge in [0.25, 0.3) is 12.1 Å². The summed E-state index contributed by atoms with van der Waals surface area (Å²) in [6.07, 6.45) is -2.65. The van der Waals surface area contributed by atoms with Crippen LogP contribution in [0.15, 0.2) is 24.3 Å². The standard InChI is InChI=1S/C12H15F2N3O2.2ClH/c13-12(14)11(16-7-5-15-6-8-16)9-3-1-2-4-10(9)17(18)19;;/h1-4,11-12,15H,5-8H2;2*1H/t11-;;/m1../s1. The largest absolute Gasteiger partial charge is 0.314 e. The topological polar surface area (TPSA) is 58.4 Å². The van der Waals surface area contributed by atoms with Crippen molar-refractivity contribution >= 4 is 30.5 Å². The van der Waals surface area contributed by atoms with Crippen molar-refractivity contribution in [1.82, 2.24) is 10.2 Å². The van der Waals surface area contributed by atoms with Crippen LogP contribution in [0.5, 0.6) is 0 Å². The lowest BCUT2D eigenvalue weighted by Gasteiger charge is -2.34. The number of piperazine rings is 1. The van der Waals surface area contributed by atoms with Crippen LogP contribution in [-0.2, 0) is 0 Å². The van der Waals surface area contributed by atoms with Crippen LogP contribution in [0.3, 0.4) is 0 Å². The molecule has 0 spiro atoms. The van der Waals surface area contributed by atoms with E-state index in [0.29, 0.717) is 26.2 Å². The highest BCUT2D eigenvalue weighted by molar-refractivity contribution is 5.85. The molecule has 0 bridgehead atoms. The normalized spacial score (nSPS) is 16.7. The van der Waals surface area contributed by atoms with Crippen LogP contribution in [0.4, 0.5) is 14.5 Å². The molecule has 1 aromatic rings. The average Bonchev–Trinajstić information content (AvgIpc) is 2.40. The third kappa shape index (κ3) is 4.74. The van der Waals surface area contributed by atoms with Gasteiger partial charge in [-0.15, -0.1) is 24.8 Å². The molecule has 1 aliphatic rings. The summed E-state index contributed by atoms with van der Waals surface area (Å²) in [6, 6.07) is 4.51. The number of hydrogen-bond acceptors (Lipinski definition) is 4. The number of hydrogen-bond donors (Lipinski definition) is 1. The van der Waals surface area contributed by atoms with Crippen molar-refractivity contribution in [3.8, 4) is 0 Å². The quantitative estimate of drug-likeness (QED) is 0.674. The number of rotatable bonds is 4. The molecular formula is C12H17Cl2F2N3O2. The number of alkyl halides is 2. The summed E-state index contributed by atoms with van der Waals surface area (Å²) >= 11 is 0. The van der Waals surface area contributed by atoms with E-state index in [1.165, 1.54) is 18.2 Å². The van der Waals surface area contributed by atoms with Gasteiger partial charge in [-0.3, -0.25) is 15.0 Å². The van der Waals surface area contributed by atoms with E-state index < -0.39 is 17.4 Å². The van der Waals surface area contributed by atoms with E-state index in [0.717, 1.165) is 0 Å². The predicted molar refractivity (Wildman–Crippen MR) is 80.8 cm³/mol. The Hall–Kier alpha value is -1.02. The number of nitro groups is 1. The summed E-state index contributed by atoms with van der Waals surface area (Å²) in [7, 11) is 0. The first-order valence-electron chi connectivity index (χ1n) is 6.07. The van der Waals surface area contributed by atoms with Crippen molar-refractivity contribution in [3.63, 3.8) is 0 Å². The minimum Gasteiger partial charge on any atom is -0.314 e. The van der Waals surface area contributed by atoms with Crippen molar-refractivity contribution < 1.29 is 13.7 Å². The Balaban J connectivity index is 0.00000200. The molecule has 1 atom stereocenters. The monoisotopic (exact) mass is 343 g/mol. The van der Waals surface area contributed by atoms with Gasteiger partial charge in [0.2, 0.25) is 0 Å². The van der Waals surface area contributed by atoms with E-state index >= 15 is 0 Å². The molecule has 21 heavy (non-hydrogen) atoms. The molecular weight excluding hydrogens is 327 g/mol. The Morgan fingerprint density at radius 2 is 1.76 bits per heavy atom. The van der Waals surface area contributed by atoms with E-state index in [9.17, 15) is 18.9 Å². The first-order chi connectivity index (χ1) is 9.11. The van der Waals surface area contributed by atoms with Crippen LogP contribution in [-0.4, -0.2) is 42.4 Å². The van der Waals surface area contributed by atoms with Crippen molar-refractivity contribution in [1.29, 1.82) is 0 Å². The molecule has 1 saturated heterocycles. The van der Waals surface area contributed by atoms with Gasteiger partial charge in [0.05, 0.1) is 10.5 Å². The molecule has 1 N–H and O–H groups in total. The van der Waals surface area contributed by atoms with Gasteiger partial charge in [-0.2, -0.15) is 0 Å². The Morgan fingerprint density at radius 3 is 2.29 bits per heavy atom. The summed E-state index contributed by atoms with van der Waals surface area (Å²) < 4.78 is 26.7. The van der Waals surface area contributed by atoms with Crippen molar-refractivity contribution in [3.05, 3.63) is 39.9 Å². The van der Waals surface area contributed by atoms with Crippen molar-refractivity contribution in [2.45, 2.75) is 12.5 Å². The van der Waals surface area contributed by atoms with E-state index in [4.69, 9.17) is 0 Å². The highest BCUT2D eigenvalue weighted by atomic mass is 35.5. The summed E-state index contributed by atoms with van der Waals surface area (Å²) in [5.74, 6) is 0. The molecule has 9 heteroatoms. The molecule has 1 aliphatic heterocycles. The molecule has 0 unspecified atom stereocenters. The fourth-order valence-electron chi connectivity index (χ4n) is 2.36. The van der Waals surface area contributed by atoms with Gasteiger partial charge < -0.3 is 5.32 Å². The van der Waals surface area contributed by atoms with Crippen LogP contribution in [0.25, 0.3) is 0 Å². The Kier molecular flexibility index (Phi) is 8.65.